The minimum Gasteiger partial charge on any atom is -0.339 e. The van der Waals surface area contributed by atoms with E-state index >= 15 is 0 Å². The zero-order valence-corrected chi connectivity index (χ0v) is 15.1. The highest BCUT2D eigenvalue weighted by Gasteiger charge is 2.12. The Balaban J connectivity index is 1.67. The molecule has 5 nitrogen and oxygen atoms in total. The number of benzene rings is 1. The molecule has 0 spiro atoms. The molecule has 2 heterocycles. The smallest absolute Gasteiger partial charge is 0.232 e. The van der Waals surface area contributed by atoms with E-state index in [2.05, 4.69) is 59.0 Å². The molecule has 0 amide bonds. The van der Waals surface area contributed by atoms with Crippen LogP contribution in [0.4, 0.5) is 0 Å². The third kappa shape index (κ3) is 4.07. The van der Waals surface area contributed by atoms with Gasteiger partial charge in [0.25, 0.3) is 0 Å². The van der Waals surface area contributed by atoms with Crippen LogP contribution in [0.1, 0.15) is 36.8 Å². The summed E-state index contributed by atoms with van der Waals surface area (Å²) in [5.74, 6) is 1.35. The Kier molecular flexibility index (Phi) is 5.37. The minimum atomic E-state index is 0.326. The van der Waals surface area contributed by atoms with Crippen LogP contribution < -0.4 is 5.32 Å². The van der Waals surface area contributed by atoms with Crippen molar-refractivity contribution in [3.05, 3.63) is 52.6 Å². The van der Waals surface area contributed by atoms with Crippen molar-refractivity contribution in [1.82, 2.24) is 20.4 Å². The summed E-state index contributed by atoms with van der Waals surface area (Å²) in [6.45, 7) is 4.25. The highest BCUT2D eigenvalue weighted by molar-refractivity contribution is 7.13. The number of hydrogen-bond donors (Lipinski definition) is 1. The van der Waals surface area contributed by atoms with Crippen molar-refractivity contribution in [2.75, 3.05) is 7.05 Å². The zero-order valence-electron chi connectivity index (χ0n) is 14.2. The second-order valence-corrected chi connectivity index (χ2v) is 6.73. The summed E-state index contributed by atoms with van der Waals surface area (Å²) in [7, 11) is 1.93. The molecule has 24 heavy (non-hydrogen) atoms. The Morgan fingerprint density at radius 3 is 2.71 bits per heavy atom. The Labute approximate surface area is 146 Å². The zero-order chi connectivity index (χ0) is 16.9. The van der Waals surface area contributed by atoms with Crippen LogP contribution in [0.15, 0.2) is 34.2 Å². The van der Waals surface area contributed by atoms with E-state index in [0.29, 0.717) is 18.4 Å². The van der Waals surface area contributed by atoms with Gasteiger partial charge in [-0.25, -0.2) is 4.98 Å². The van der Waals surface area contributed by atoms with Crippen LogP contribution in [0.5, 0.6) is 0 Å². The Morgan fingerprint density at radius 1 is 1.21 bits per heavy atom. The number of nitrogens with zero attached hydrogens (tertiary/aromatic N) is 3. The molecule has 0 bridgehead atoms. The van der Waals surface area contributed by atoms with Gasteiger partial charge in [0.1, 0.15) is 5.01 Å². The van der Waals surface area contributed by atoms with Gasteiger partial charge < -0.3 is 9.84 Å². The molecule has 0 aliphatic rings. The number of thiazole rings is 1. The molecule has 2 aromatic heterocycles. The summed E-state index contributed by atoms with van der Waals surface area (Å²) >= 11 is 1.65. The van der Waals surface area contributed by atoms with E-state index in [0.717, 1.165) is 34.9 Å². The molecule has 0 radical (unpaired) electrons. The fraction of sp³-hybridized carbons (Fsp3) is 0.389. The molecule has 6 heteroatoms. The molecule has 0 saturated carbocycles. The maximum atomic E-state index is 5.33. The van der Waals surface area contributed by atoms with Crippen LogP contribution >= 0.6 is 11.3 Å². The fourth-order valence-electron chi connectivity index (χ4n) is 2.38. The molecule has 0 aliphatic heterocycles. The number of aromatic nitrogens is 3. The van der Waals surface area contributed by atoms with Crippen LogP contribution in [0.3, 0.4) is 0 Å². The third-order valence-corrected chi connectivity index (χ3v) is 4.93. The van der Waals surface area contributed by atoms with Crippen LogP contribution in [0.25, 0.3) is 10.6 Å². The van der Waals surface area contributed by atoms with Crippen LogP contribution in [-0.2, 0) is 19.3 Å². The van der Waals surface area contributed by atoms with E-state index in [1.807, 2.05) is 7.05 Å². The molecule has 3 rings (SSSR count). The predicted octanol–water partition coefficient (Wildman–Crippen LogP) is 3.50. The van der Waals surface area contributed by atoms with Gasteiger partial charge in [-0.1, -0.05) is 36.3 Å². The quantitative estimate of drug-likeness (QED) is 0.712. The van der Waals surface area contributed by atoms with Gasteiger partial charge in [-0.3, -0.25) is 0 Å². The number of likely N-dealkylation sites (N-methyl/N-ethyl adjacent to an activating group) is 1. The molecule has 126 valence electrons. The molecule has 0 aliphatic carbocycles. The van der Waals surface area contributed by atoms with Gasteiger partial charge in [-0.05, 0) is 26.0 Å². The normalized spacial score (nSPS) is 12.5. The average Bonchev–Trinajstić information content (AvgIpc) is 3.25. The molecule has 1 atom stereocenters. The lowest BCUT2D eigenvalue weighted by Gasteiger charge is -2.04. The second kappa shape index (κ2) is 7.68. The van der Waals surface area contributed by atoms with Crippen LogP contribution in [-0.4, -0.2) is 28.2 Å². The Morgan fingerprint density at radius 2 is 2.00 bits per heavy atom. The Hall–Kier alpha value is -2.05. The monoisotopic (exact) mass is 342 g/mol. The first kappa shape index (κ1) is 16.8. The van der Waals surface area contributed by atoms with E-state index in [1.165, 1.54) is 5.56 Å². The highest BCUT2D eigenvalue weighted by Crippen LogP contribution is 2.25. The summed E-state index contributed by atoms with van der Waals surface area (Å²) < 4.78 is 5.33. The highest BCUT2D eigenvalue weighted by atomic mass is 32.1. The number of hydrogen-bond acceptors (Lipinski definition) is 6. The third-order valence-electron chi connectivity index (χ3n) is 3.98. The maximum absolute atomic E-state index is 5.33. The van der Waals surface area contributed by atoms with Crippen molar-refractivity contribution in [3.8, 4) is 10.6 Å². The van der Waals surface area contributed by atoms with E-state index in [9.17, 15) is 0 Å². The largest absolute Gasteiger partial charge is 0.339 e. The molecule has 1 N–H and O–H groups in total. The molecular formula is C18H22N4OS. The maximum Gasteiger partial charge on any atom is 0.232 e. The predicted molar refractivity (Wildman–Crippen MR) is 96.3 cm³/mol. The van der Waals surface area contributed by atoms with Gasteiger partial charge in [-0.2, -0.15) is 4.98 Å². The van der Waals surface area contributed by atoms with E-state index in [4.69, 9.17) is 9.51 Å². The van der Waals surface area contributed by atoms with Gasteiger partial charge in [0.15, 0.2) is 5.82 Å². The molecule has 1 aromatic carbocycles. The lowest BCUT2D eigenvalue weighted by Crippen LogP contribution is -2.24. The average molecular weight is 342 g/mol. The van der Waals surface area contributed by atoms with Crippen molar-refractivity contribution in [2.24, 2.45) is 0 Å². The number of nitrogens with one attached hydrogen (secondary N) is 1. The van der Waals surface area contributed by atoms with Crippen molar-refractivity contribution in [3.63, 3.8) is 0 Å². The second-order valence-electron chi connectivity index (χ2n) is 5.87. The lowest BCUT2D eigenvalue weighted by atomic mass is 10.1. The van der Waals surface area contributed by atoms with E-state index in [1.54, 1.807) is 11.3 Å². The van der Waals surface area contributed by atoms with E-state index in [-0.39, 0.29) is 0 Å². The SMILES string of the molecule is CCc1ccc(-c2nc(Cc3nc(CC(C)NC)no3)cs2)cc1. The summed E-state index contributed by atoms with van der Waals surface area (Å²) in [4.78, 5) is 9.14. The molecule has 0 fully saturated rings. The lowest BCUT2D eigenvalue weighted by molar-refractivity contribution is 0.376. The summed E-state index contributed by atoms with van der Waals surface area (Å²) in [6.07, 6.45) is 2.38. The number of aryl methyl sites for hydroxylation is 1. The van der Waals surface area contributed by atoms with Gasteiger partial charge in [0.05, 0.1) is 12.1 Å². The van der Waals surface area contributed by atoms with Crippen molar-refractivity contribution < 1.29 is 4.52 Å². The summed E-state index contributed by atoms with van der Waals surface area (Å²) in [6, 6.07) is 8.90. The van der Waals surface area contributed by atoms with Gasteiger partial charge in [-0.15, -0.1) is 11.3 Å². The summed E-state index contributed by atoms with van der Waals surface area (Å²) in [5.41, 5.74) is 3.45. The minimum absolute atomic E-state index is 0.326. The van der Waals surface area contributed by atoms with Crippen LogP contribution in [0.2, 0.25) is 0 Å². The van der Waals surface area contributed by atoms with Gasteiger partial charge in [0, 0.05) is 23.4 Å². The standard InChI is InChI=1S/C18H22N4OS/c1-4-13-5-7-14(8-6-13)18-20-15(11-24-18)10-17-21-16(22-23-17)9-12(2)19-3/h5-8,11-12,19H,4,9-10H2,1-3H3. The fourth-order valence-corrected chi connectivity index (χ4v) is 3.21. The van der Waals surface area contributed by atoms with Gasteiger partial charge in [0.2, 0.25) is 5.89 Å². The first-order valence-electron chi connectivity index (χ1n) is 8.20. The van der Waals surface area contributed by atoms with Crippen LogP contribution in [0, 0.1) is 0 Å². The van der Waals surface area contributed by atoms with Crippen molar-refractivity contribution in [2.45, 2.75) is 39.2 Å². The number of rotatable bonds is 7. The Bertz CT molecular complexity index is 778. The molecule has 0 saturated heterocycles. The first-order valence-corrected chi connectivity index (χ1v) is 9.08. The molecular weight excluding hydrogens is 320 g/mol. The molecule has 3 aromatic rings. The van der Waals surface area contributed by atoms with Crippen molar-refractivity contribution >= 4 is 11.3 Å². The van der Waals surface area contributed by atoms with Gasteiger partial charge >= 0.3 is 0 Å². The topological polar surface area (TPSA) is 63.8 Å². The summed E-state index contributed by atoms with van der Waals surface area (Å²) in [5, 5.41) is 10.3. The first-order chi connectivity index (χ1) is 11.7. The van der Waals surface area contributed by atoms with Crippen molar-refractivity contribution in [1.29, 1.82) is 0 Å². The molecule has 1 unspecified atom stereocenters. The van der Waals surface area contributed by atoms with E-state index < -0.39 is 0 Å².